The van der Waals surface area contributed by atoms with Gasteiger partial charge in [0, 0.05) is 10.9 Å². The number of allylic oxidation sites excluding steroid dienone is 1. The van der Waals surface area contributed by atoms with Crippen LogP contribution >= 0.6 is 27.5 Å². The van der Waals surface area contributed by atoms with Gasteiger partial charge in [-0.25, -0.2) is 4.99 Å². The molecule has 0 aromatic heterocycles. The van der Waals surface area contributed by atoms with Gasteiger partial charge in [-0.2, -0.15) is 0 Å². The van der Waals surface area contributed by atoms with E-state index in [-0.39, 0.29) is 0 Å². The molecule has 0 fully saturated rings. The second kappa shape index (κ2) is 6.81. The molecule has 5 heteroatoms. The minimum Gasteiger partial charge on any atom is -0.488 e. The van der Waals surface area contributed by atoms with Gasteiger partial charge >= 0.3 is 0 Å². The quantitative estimate of drug-likeness (QED) is 0.611. The monoisotopic (exact) mass is 329 g/mol. The van der Waals surface area contributed by atoms with Crippen LogP contribution in [0.1, 0.15) is 5.56 Å². The highest BCUT2D eigenvalue weighted by atomic mass is 79.9. The third-order valence-corrected chi connectivity index (χ3v) is 3.02. The van der Waals surface area contributed by atoms with E-state index in [1.54, 1.807) is 0 Å². The van der Waals surface area contributed by atoms with E-state index >= 15 is 0 Å². The molecule has 18 heavy (non-hydrogen) atoms. The summed E-state index contributed by atoms with van der Waals surface area (Å²) in [6.07, 6.45) is 3.91. The van der Waals surface area contributed by atoms with Crippen LogP contribution in [0.2, 0.25) is 5.02 Å². The van der Waals surface area contributed by atoms with Crippen molar-refractivity contribution in [2.24, 2.45) is 4.99 Å². The van der Waals surface area contributed by atoms with E-state index in [0.29, 0.717) is 36.4 Å². The highest BCUT2D eigenvalue weighted by Crippen LogP contribution is 2.26. The van der Waals surface area contributed by atoms with Gasteiger partial charge in [0.1, 0.15) is 19.0 Å². The Labute approximate surface area is 120 Å². The molecule has 96 valence electrons. The summed E-state index contributed by atoms with van der Waals surface area (Å²) in [6, 6.07) is 5.55. The number of ether oxygens (including phenoxy) is 2. The van der Waals surface area contributed by atoms with Crippen molar-refractivity contribution in [1.82, 2.24) is 0 Å². The summed E-state index contributed by atoms with van der Waals surface area (Å²) in [6.45, 7) is 1.85. The number of benzene rings is 1. The Balaban J connectivity index is 2.03. The maximum absolute atomic E-state index is 6.15. The van der Waals surface area contributed by atoms with Gasteiger partial charge in [-0.1, -0.05) is 39.7 Å². The van der Waals surface area contributed by atoms with Crippen molar-refractivity contribution in [2.45, 2.75) is 0 Å². The maximum Gasteiger partial charge on any atom is 0.216 e. The Morgan fingerprint density at radius 3 is 3.00 bits per heavy atom. The van der Waals surface area contributed by atoms with Crippen molar-refractivity contribution in [3.63, 3.8) is 0 Å². The van der Waals surface area contributed by atoms with Crippen LogP contribution in [-0.4, -0.2) is 31.0 Å². The smallest absolute Gasteiger partial charge is 0.216 e. The van der Waals surface area contributed by atoms with Crippen molar-refractivity contribution >= 4 is 33.4 Å². The van der Waals surface area contributed by atoms with E-state index in [0.717, 1.165) is 10.9 Å². The molecule has 0 atom stereocenters. The molecule has 1 aromatic carbocycles. The fourth-order valence-electron chi connectivity index (χ4n) is 1.53. The van der Waals surface area contributed by atoms with E-state index < -0.39 is 0 Å². The molecule has 0 aliphatic carbocycles. The zero-order chi connectivity index (χ0) is 12.8. The van der Waals surface area contributed by atoms with Crippen LogP contribution in [0.15, 0.2) is 35.3 Å². The van der Waals surface area contributed by atoms with E-state index in [1.165, 1.54) is 0 Å². The molecular formula is C13H13BrClNO2. The summed E-state index contributed by atoms with van der Waals surface area (Å²) in [5, 5.41) is 1.39. The lowest BCUT2D eigenvalue weighted by Gasteiger charge is -2.07. The molecule has 1 aromatic rings. The van der Waals surface area contributed by atoms with E-state index in [1.807, 2.05) is 30.4 Å². The fourth-order valence-corrected chi connectivity index (χ4v) is 2.03. The van der Waals surface area contributed by atoms with E-state index in [9.17, 15) is 0 Å². The van der Waals surface area contributed by atoms with Crippen LogP contribution in [0.5, 0.6) is 5.75 Å². The molecule has 0 saturated heterocycles. The highest BCUT2D eigenvalue weighted by Gasteiger charge is 2.12. The van der Waals surface area contributed by atoms with Crippen LogP contribution in [0.3, 0.4) is 0 Å². The Bertz CT molecular complexity index is 474. The molecule has 0 spiro atoms. The largest absolute Gasteiger partial charge is 0.488 e. The second-order valence-electron chi connectivity index (χ2n) is 3.62. The maximum atomic E-state index is 6.15. The summed E-state index contributed by atoms with van der Waals surface area (Å²) in [4.78, 5) is 4.24. The zero-order valence-corrected chi connectivity index (χ0v) is 12.1. The van der Waals surface area contributed by atoms with Gasteiger partial charge in [0.25, 0.3) is 0 Å². The molecular weight excluding hydrogens is 318 g/mol. The summed E-state index contributed by atoms with van der Waals surface area (Å²) >= 11 is 9.45. The second-order valence-corrected chi connectivity index (χ2v) is 4.67. The van der Waals surface area contributed by atoms with Crippen LogP contribution in [-0.2, 0) is 4.74 Å². The Morgan fingerprint density at radius 2 is 2.33 bits per heavy atom. The highest BCUT2D eigenvalue weighted by molar-refractivity contribution is 9.09. The topological polar surface area (TPSA) is 30.8 Å². The lowest BCUT2D eigenvalue weighted by molar-refractivity contribution is 0.348. The lowest BCUT2D eigenvalue weighted by Crippen LogP contribution is -2.02. The van der Waals surface area contributed by atoms with E-state index in [4.69, 9.17) is 21.1 Å². The van der Waals surface area contributed by atoms with Crippen LogP contribution in [0.25, 0.3) is 0 Å². The average Bonchev–Trinajstić information content (AvgIpc) is 2.90. The van der Waals surface area contributed by atoms with Crippen LogP contribution < -0.4 is 4.74 Å². The molecule has 1 heterocycles. The molecule has 0 unspecified atom stereocenters. The van der Waals surface area contributed by atoms with Crippen molar-refractivity contribution in [3.05, 3.63) is 40.9 Å². The van der Waals surface area contributed by atoms with Gasteiger partial charge in [-0.3, -0.25) is 0 Å². The van der Waals surface area contributed by atoms with Crippen molar-refractivity contribution in [1.29, 1.82) is 0 Å². The molecule has 0 bridgehead atoms. The Kier molecular flexibility index (Phi) is 5.08. The summed E-state index contributed by atoms with van der Waals surface area (Å²) in [7, 11) is 0. The minimum atomic E-state index is 0.502. The third kappa shape index (κ3) is 3.50. The molecule has 0 radical (unpaired) electrons. The first kappa shape index (κ1) is 13.4. The van der Waals surface area contributed by atoms with Crippen molar-refractivity contribution < 1.29 is 9.47 Å². The minimum absolute atomic E-state index is 0.502. The number of nitrogens with zero attached hydrogens (tertiary/aromatic N) is 1. The predicted octanol–water partition coefficient (Wildman–Crippen LogP) is 3.45. The SMILES string of the molecule is Clc1cc(C2=NCCO2)ccc1OCC=CCBr. The predicted molar refractivity (Wildman–Crippen MR) is 77.2 cm³/mol. The van der Waals surface area contributed by atoms with Gasteiger partial charge in [-0.15, -0.1) is 0 Å². The number of hydrogen-bond donors (Lipinski definition) is 0. The van der Waals surface area contributed by atoms with Crippen molar-refractivity contribution in [3.8, 4) is 5.75 Å². The first-order valence-electron chi connectivity index (χ1n) is 5.62. The number of hydrogen-bond acceptors (Lipinski definition) is 3. The standard InChI is InChI=1S/C13H13BrClNO2/c14-5-1-2-7-17-12-4-3-10(9-11(12)15)13-16-6-8-18-13/h1-4,9H,5-8H2. The Hall–Kier alpha value is -1.00. The van der Waals surface area contributed by atoms with Gasteiger partial charge in [0.05, 0.1) is 11.6 Å². The van der Waals surface area contributed by atoms with E-state index in [2.05, 4.69) is 20.9 Å². The average molecular weight is 331 g/mol. The third-order valence-electron chi connectivity index (χ3n) is 2.36. The summed E-state index contributed by atoms with van der Waals surface area (Å²) in [5.41, 5.74) is 0.890. The van der Waals surface area contributed by atoms with Gasteiger partial charge < -0.3 is 9.47 Å². The summed E-state index contributed by atoms with van der Waals surface area (Å²) in [5.74, 6) is 1.32. The van der Waals surface area contributed by atoms with Crippen LogP contribution in [0, 0.1) is 0 Å². The normalized spacial score (nSPS) is 14.7. The first-order valence-corrected chi connectivity index (χ1v) is 7.12. The molecule has 0 saturated carbocycles. The molecule has 2 rings (SSSR count). The number of aliphatic imine (C=N–C) groups is 1. The first-order chi connectivity index (χ1) is 8.81. The lowest BCUT2D eigenvalue weighted by atomic mass is 10.2. The number of alkyl halides is 1. The number of rotatable bonds is 5. The fraction of sp³-hybridized carbons (Fsp3) is 0.308. The zero-order valence-electron chi connectivity index (χ0n) is 9.73. The Morgan fingerprint density at radius 1 is 1.44 bits per heavy atom. The number of halogens is 2. The van der Waals surface area contributed by atoms with Crippen molar-refractivity contribution in [2.75, 3.05) is 25.1 Å². The molecule has 1 aliphatic rings. The summed E-state index contributed by atoms with van der Waals surface area (Å²) < 4.78 is 10.9. The van der Waals surface area contributed by atoms with Gasteiger partial charge in [0.2, 0.25) is 5.90 Å². The van der Waals surface area contributed by atoms with Crippen LogP contribution in [0.4, 0.5) is 0 Å². The molecule has 0 N–H and O–H groups in total. The molecule has 0 amide bonds. The van der Waals surface area contributed by atoms with Gasteiger partial charge in [0.15, 0.2) is 0 Å². The van der Waals surface area contributed by atoms with Gasteiger partial charge in [-0.05, 0) is 18.2 Å². The molecule has 3 nitrogen and oxygen atoms in total. The molecule has 1 aliphatic heterocycles.